The van der Waals surface area contributed by atoms with Crippen LogP contribution in [0.3, 0.4) is 0 Å². The van der Waals surface area contributed by atoms with E-state index in [1.807, 2.05) is 31.2 Å². The second-order valence-electron chi connectivity index (χ2n) is 6.82. The first-order valence-corrected chi connectivity index (χ1v) is 11.4. The SMILES string of the molecule is CCN(CCCNC(=NC)NCc1ccccc1OCC1CC1)S(C)(=O)=O. The minimum absolute atomic E-state index is 0.490. The Morgan fingerprint density at radius 3 is 2.67 bits per heavy atom. The number of hydrogen-bond acceptors (Lipinski definition) is 4. The molecule has 1 aliphatic carbocycles. The fourth-order valence-electron chi connectivity index (χ4n) is 2.70. The van der Waals surface area contributed by atoms with Crippen molar-refractivity contribution in [2.45, 2.75) is 32.7 Å². The van der Waals surface area contributed by atoms with E-state index in [2.05, 4.69) is 15.6 Å². The number of guanidine groups is 1. The van der Waals surface area contributed by atoms with Crippen LogP contribution >= 0.6 is 0 Å². The number of benzene rings is 1. The summed E-state index contributed by atoms with van der Waals surface area (Å²) in [7, 11) is -1.41. The molecule has 1 fully saturated rings. The molecule has 2 rings (SSSR count). The number of hydrogen-bond donors (Lipinski definition) is 2. The quantitative estimate of drug-likeness (QED) is 0.339. The number of aliphatic imine (C=N–C) groups is 1. The van der Waals surface area contributed by atoms with Gasteiger partial charge in [0.15, 0.2) is 5.96 Å². The van der Waals surface area contributed by atoms with Crippen LogP contribution in [-0.4, -0.2) is 58.2 Å². The van der Waals surface area contributed by atoms with E-state index < -0.39 is 10.0 Å². The lowest BCUT2D eigenvalue weighted by atomic mass is 10.2. The number of nitrogens with zero attached hydrogens (tertiary/aromatic N) is 2. The number of rotatable bonds is 11. The van der Waals surface area contributed by atoms with Gasteiger partial charge in [-0.3, -0.25) is 4.99 Å². The zero-order valence-electron chi connectivity index (χ0n) is 16.6. The van der Waals surface area contributed by atoms with Crippen molar-refractivity contribution in [3.63, 3.8) is 0 Å². The molecule has 1 saturated carbocycles. The van der Waals surface area contributed by atoms with Crippen molar-refractivity contribution >= 4 is 16.0 Å². The van der Waals surface area contributed by atoms with Gasteiger partial charge in [0, 0.05) is 38.8 Å². The fourth-order valence-corrected chi connectivity index (χ4v) is 3.63. The minimum atomic E-state index is -3.13. The van der Waals surface area contributed by atoms with Gasteiger partial charge in [-0.1, -0.05) is 25.1 Å². The molecule has 0 atom stereocenters. The Balaban J connectivity index is 1.75. The third-order valence-electron chi connectivity index (χ3n) is 4.51. The molecule has 7 nitrogen and oxygen atoms in total. The number of sulfonamides is 1. The summed E-state index contributed by atoms with van der Waals surface area (Å²) in [5.41, 5.74) is 1.09. The Morgan fingerprint density at radius 1 is 1.30 bits per heavy atom. The van der Waals surface area contributed by atoms with E-state index in [4.69, 9.17) is 4.74 Å². The molecule has 0 spiro atoms. The molecule has 0 aromatic heterocycles. The highest BCUT2D eigenvalue weighted by atomic mass is 32.2. The van der Waals surface area contributed by atoms with Crippen LogP contribution in [0.1, 0.15) is 31.7 Å². The van der Waals surface area contributed by atoms with Crippen LogP contribution < -0.4 is 15.4 Å². The molecule has 0 radical (unpaired) electrons. The summed E-state index contributed by atoms with van der Waals surface area (Å²) in [6.45, 7) is 4.88. The van der Waals surface area contributed by atoms with Crippen LogP contribution in [0.4, 0.5) is 0 Å². The van der Waals surface area contributed by atoms with E-state index in [0.29, 0.717) is 38.6 Å². The van der Waals surface area contributed by atoms with Gasteiger partial charge in [0.2, 0.25) is 10.0 Å². The van der Waals surface area contributed by atoms with Crippen LogP contribution in [0.2, 0.25) is 0 Å². The summed E-state index contributed by atoms with van der Waals surface area (Å²) in [4.78, 5) is 4.22. The molecular formula is C19H32N4O3S. The number of nitrogens with one attached hydrogen (secondary N) is 2. The highest BCUT2D eigenvalue weighted by Crippen LogP contribution is 2.30. The maximum atomic E-state index is 11.6. The molecule has 0 aliphatic heterocycles. The minimum Gasteiger partial charge on any atom is -0.493 e. The lowest BCUT2D eigenvalue weighted by Gasteiger charge is -2.18. The molecule has 27 heavy (non-hydrogen) atoms. The van der Waals surface area contributed by atoms with Crippen molar-refractivity contribution in [1.82, 2.24) is 14.9 Å². The van der Waals surface area contributed by atoms with Gasteiger partial charge < -0.3 is 15.4 Å². The summed E-state index contributed by atoms with van der Waals surface area (Å²) in [6.07, 6.45) is 4.49. The fraction of sp³-hybridized carbons (Fsp3) is 0.632. The van der Waals surface area contributed by atoms with E-state index in [-0.39, 0.29) is 0 Å². The lowest BCUT2D eigenvalue weighted by Crippen LogP contribution is -2.39. The summed E-state index contributed by atoms with van der Waals surface area (Å²) >= 11 is 0. The molecule has 0 unspecified atom stereocenters. The molecule has 2 N–H and O–H groups in total. The molecule has 1 aliphatic rings. The molecule has 0 amide bonds. The van der Waals surface area contributed by atoms with Gasteiger partial charge in [-0.05, 0) is 31.2 Å². The van der Waals surface area contributed by atoms with Gasteiger partial charge in [-0.2, -0.15) is 0 Å². The molecule has 1 aromatic rings. The van der Waals surface area contributed by atoms with Crippen LogP contribution in [0.25, 0.3) is 0 Å². The summed E-state index contributed by atoms with van der Waals surface area (Å²) in [6, 6.07) is 8.04. The Kier molecular flexibility index (Phi) is 8.37. The molecule has 1 aromatic carbocycles. The first-order chi connectivity index (χ1) is 12.9. The van der Waals surface area contributed by atoms with Crippen molar-refractivity contribution in [3.05, 3.63) is 29.8 Å². The predicted molar refractivity (Wildman–Crippen MR) is 110 cm³/mol. The van der Waals surface area contributed by atoms with Gasteiger partial charge in [0.05, 0.1) is 12.9 Å². The van der Waals surface area contributed by atoms with Crippen molar-refractivity contribution in [2.24, 2.45) is 10.9 Å². The molecular weight excluding hydrogens is 364 g/mol. The largest absolute Gasteiger partial charge is 0.493 e. The standard InChI is InChI=1S/C19H32N4O3S/c1-4-23(27(3,24)25)13-7-12-21-19(20-2)22-14-17-8-5-6-9-18(17)26-15-16-10-11-16/h5-6,8-9,16H,4,7,10-15H2,1-3H3,(H2,20,21,22). The zero-order chi connectivity index (χ0) is 19.7. The molecule has 0 bridgehead atoms. The topological polar surface area (TPSA) is 83.0 Å². The third kappa shape index (κ3) is 7.76. The monoisotopic (exact) mass is 396 g/mol. The lowest BCUT2D eigenvalue weighted by molar-refractivity contribution is 0.296. The Hall–Kier alpha value is -1.80. The second kappa shape index (κ2) is 10.5. The second-order valence-corrected chi connectivity index (χ2v) is 8.81. The summed E-state index contributed by atoms with van der Waals surface area (Å²) < 4.78 is 30.6. The van der Waals surface area contributed by atoms with Gasteiger partial charge in [-0.15, -0.1) is 0 Å². The Morgan fingerprint density at radius 2 is 2.04 bits per heavy atom. The smallest absolute Gasteiger partial charge is 0.211 e. The first kappa shape index (κ1) is 21.5. The molecule has 152 valence electrons. The number of ether oxygens (including phenoxy) is 1. The summed E-state index contributed by atoms with van der Waals surface area (Å²) in [5.74, 6) is 2.32. The molecule has 0 saturated heterocycles. The average molecular weight is 397 g/mol. The van der Waals surface area contributed by atoms with Crippen molar-refractivity contribution in [3.8, 4) is 5.75 Å². The Labute approximate surface area is 163 Å². The maximum absolute atomic E-state index is 11.6. The van der Waals surface area contributed by atoms with E-state index in [9.17, 15) is 8.42 Å². The van der Waals surface area contributed by atoms with Gasteiger partial charge >= 0.3 is 0 Å². The molecule has 0 heterocycles. The van der Waals surface area contributed by atoms with Gasteiger partial charge in [-0.25, -0.2) is 12.7 Å². The number of para-hydroxylation sites is 1. The van der Waals surface area contributed by atoms with E-state index in [0.717, 1.165) is 23.8 Å². The van der Waals surface area contributed by atoms with E-state index >= 15 is 0 Å². The van der Waals surface area contributed by atoms with Crippen LogP contribution in [0.5, 0.6) is 5.75 Å². The zero-order valence-corrected chi connectivity index (χ0v) is 17.4. The van der Waals surface area contributed by atoms with Crippen LogP contribution in [0.15, 0.2) is 29.3 Å². The summed E-state index contributed by atoms with van der Waals surface area (Å²) in [5, 5.41) is 6.52. The van der Waals surface area contributed by atoms with Crippen molar-refractivity contribution < 1.29 is 13.2 Å². The normalized spacial score (nSPS) is 15.0. The van der Waals surface area contributed by atoms with E-state index in [1.54, 1.807) is 7.05 Å². The van der Waals surface area contributed by atoms with Crippen molar-refractivity contribution in [2.75, 3.05) is 39.5 Å². The molecule has 8 heteroatoms. The van der Waals surface area contributed by atoms with E-state index in [1.165, 1.54) is 23.4 Å². The van der Waals surface area contributed by atoms with Crippen molar-refractivity contribution in [1.29, 1.82) is 0 Å². The predicted octanol–water partition coefficient (Wildman–Crippen LogP) is 1.81. The van der Waals surface area contributed by atoms with Crippen LogP contribution in [0, 0.1) is 5.92 Å². The average Bonchev–Trinajstić information content (AvgIpc) is 3.46. The van der Waals surface area contributed by atoms with Gasteiger partial charge in [0.25, 0.3) is 0 Å². The maximum Gasteiger partial charge on any atom is 0.211 e. The highest BCUT2D eigenvalue weighted by molar-refractivity contribution is 7.88. The van der Waals surface area contributed by atoms with Crippen LogP contribution in [-0.2, 0) is 16.6 Å². The van der Waals surface area contributed by atoms with Gasteiger partial charge in [0.1, 0.15) is 5.75 Å². The highest BCUT2D eigenvalue weighted by Gasteiger charge is 2.22. The Bertz CT molecular complexity index is 717. The first-order valence-electron chi connectivity index (χ1n) is 9.54. The third-order valence-corrected chi connectivity index (χ3v) is 5.89.